The second-order valence-electron chi connectivity index (χ2n) is 7.33. The minimum atomic E-state index is -1.11. The summed E-state index contributed by atoms with van der Waals surface area (Å²) in [5, 5.41) is 11.8. The van der Waals surface area contributed by atoms with E-state index in [4.69, 9.17) is 18.6 Å². The number of methoxy groups -OCH3 is 1. The number of hydrogen-bond donors (Lipinski definition) is 2. The predicted molar refractivity (Wildman–Crippen MR) is 113 cm³/mol. The van der Waals surface area contributed by atoms with Gasteiger partial charge in [0.1, 0.15) is 11.3 Å². The fourth-order valence-corrected chi connectivity index (χ4v) is 3.94. The number of para-hydroxylation sites is 1. The van der Waals surface area contributed by atoms with Crippen LogP contribution in [0, 0.1) is 0 Å². The summed E-state index contributed by atoms with van der Waals surface area (Å²) in [5.74, 6) is -1.11. The molecule has 0 fully saturated rings. The molecule has 5 rings (SSSR count). The molecule has 9 heteroatoms. The van der Waals surface area contributed by atoms with Crippen LogP contribution in [0.2, 0.25) is 0 Å². The lowest BCUT2D eigenvalue weighted by Crippen LogP contribution is -2.24. The van der Waals surface area contributed by atoms with Crippen LogP contribution in [0.15, 0.2) is 56.5 Å². The average molecular weight is 435 g/mol. The number of nitrogens with one attached hydrogen (secondary N) is 1. The van der Waals surface area contributed by atoms with Gasteiger partial charge < -0.3 is 28.7 Å². The molecule has 0 bridgehead atoms. The van der Waals surface area contributed by atoms with Gasteiger partial charge >= 0.3 is 11.6 Å². The molecule has 0 saturated carbocycles. The van der Waals surface area contributed by atoms with Crippen molar-refractivity contribution in [3.05, 3.63) is 74.4 Å². The maximum atomic E-state index is 13.0. The number of aromatic amines is 1. The van der Waals surface area contributed by atoms with Gasteiger partial charge in [0.05, 0.1) is 30.0 Å². The molecule has 0 aliphatic carbocycles. The monoisotopic (exact) mass is 435 g/mol. The largest absolute Gasteiger partial charge is 0.507 e. The highest BCUT2D eigenvalue weighted by Crippen LogP contribution is 2.38. The standard InChI is InChI=1S/C23H17NO8/c1-29-19(25)8-13(20-21(26)12-4-2-3-5-16(12)32-23(20)28)14-6-11-7-17-18(31-10-30-17)9-15(11)24-22(14)27/h2-7,9,13,26H,8,10H2,1H3,(H,24,27). The molecule has 3 heterocycles. The molecule has 32 heavy (non-hydrogen) atoms. The fraction of sp³-hybridized carbons (Fsp3) is 0.174. The Morgan fingerprint density at radius 2 is 1.91 bits per heavy atom. The minimum absolute atomic E-state index is 0.0692. The third-order valence-electron chi connectivity index (χ3n) is 5.51. The summed E-state index contributed by atoms with van der Waals surface area (Å²) in [6.07, 6.45) is -0.355. The van der Waals surface area contributed by atoms with Gasteiger partial charge in [-0.05, 0) is 24.3 Å². The zero-order chi connectivity index (χ0) is 22.4. The van der Waals surface area contributed by atoms with Crippen molar-refractivity contribution in [1.82, 2.24) is 4.98 Å². The number of aromatic hydroxyl groups is 1. The van der Waals surface area contributed by atoms with E-state index in [9.17, 15) is 19.5 Å². The number of H-pyrrole nitrogens is 1. The van der Waals surface area contributed by atoms with Gasteiger partial charge in [0, 0.05) is 22.9 Å². The van der Waals surface area contributed by atoms with Crippen molar-refractivity contribution < 1.29 is 28.5 Å². The fourth-order valence-electron chi connectivity index (χ4n) is 3.94. The lowest BCUT2D eigenvalue weighted by Gasteiger charge is -2.17. The number of fused-ring (bicyclic) bond motifs is 3. The number of pyridine rings is 1. The van der Waals surface area contributed by atoms with E-state index in [1.807, 2.05) is 0 Å². The van der Waals surface area contributed by atoms with Gasteiger partial charge in [-0.1, -0.05) is 12.1 Å². The normalized spacial score (nSPS) is 13.4. The maximum absolute atomic E-state index is 13.0. The lowest BCUT2D eigenvalue weighted by atomic mass is 9.88. The van der Waals surface area contributed by atoms with E-state index in [1.54, 1.807) is 42.5 Å². The summed E-state index contributed by atoms with van der Waals surface area (Å²) >= 11 is 0. The van der Waals surface area contributed by atoms with Gasteiger partial charge in [-0.25, -0.2) is 4.79 Å². The first-order valence-corrected chi connectivity index (χ1v) is 9.74. The summed E-state index contributed by atoms with van der Waals surface area (Å²) < 4.78 is 20.9. The number of carbonyl (C=O) groups is 1. The minimum Gasteiger partial charge on any atom is -0.507 e. The van der Waals surface area contributed by atoms with Crippen LogP contribution in [0.25, 0.3) is 21.9 Å². The SMILES string of the molecule is COC(=O)CC(c1cc2cc3c(cc2[nH]c1=O)OCO3)c1c(O)c2ccccc2oc1=O. The van der Waals surface area contributed by atoms with Crippen LogP contribution < -0.4 is 20.7 Å². The van der Waals surface area contributed by atoms with Crippen LogP contribution >= 0.6 is 0 Å². The maximum Gasteiger partial charge on any atom is 0.343 e. The number of ether oxygens (including phenoxy) is 3. The summed E-state index contributed by atoms with van der Waals surface area (Å²) in [5.41, 5.74) is -0.790. The molecule has 4 aromatic rings. The Bertz CT molecular complexity index is 1500. The van der Waals surface area contributed by atoms with Gasteiger partial charge in [0.15, 0.2) is 11.5 Å². The van der Waals surface area contributed by atoms with E-state index < -0.39 is 23.1 Å². The van der Waals surface area contributed by atoms with Crippen molar-refractivity contribution in [1.29, 1.82) is 0 Å². The predicted octanol–water partition coefficient (Wildman–Crippen LogP) is 2.76. The molecule has 2 aromatic heterocycles. The van der Waals surface area contributed by atoms with E-state index in [-0.39, 0.29) is 41.1 Å². The summed E-state index contributed by atoms with van der Waals surface area (Å²) in [6.45, 7) is 0.0692. The van der Waals surface area contributed by atoms with Gasteiger partial charge in [-0.15, -0.1) is 0 Å². The van der Waals surface area contributed by atoms with Gasteiger partial charge in [-0.3, -0.25) is 9.59 Å². The molecule has 162 valence electrons. The molecule has 0 amide bonds. The highest BCUT2D eigenvalue weighted by molar-refractivity contribution is 5.86. The molecule has 1 atom stereocenters. The number of benzene rings is 2. The summed E-state index contributed by atoms with van der Waals surface area (Å²) in [6, 6.07) is 11.3. The van der Waals surface area contributed by atoms with Crippen LogP contribution in [-0.2, 0) is 9.53 Å². The van der Waals surface area contributed by atoms with E-state index in [0.717, 1.165) is 0 Å². The Kier molecular flexibility index (Phi) is 4.58. The van der Waals surface area contributed by atoms with E-state index in [2.05, 4.69) is 4.98 Å². The quantitative estimate of drug-likeness (QED) is 0.370. The Hall–Kier alpha value is -4.27. The average Bonchev–Trinajstić information content (AvgIpc) is 3.23. The Morgan fingerprint density at radius 1 is 1.16 bits per heavy atom. The highest BCUT2D eigenvalue weighted by atomic mass is 16.7. The van der Waals surface area contributed by atoms with Crippen molar-refractivity contribution in [3.63, 3.8) is 0 Å². The molecule has 1 unspecified atom stereocenters. The smallest absolute Gasteiger partial charge is 0.343 e. The molecular weight excluding hydrogens is 418 g/mol. The topological polar surface area (TPSA) is 128 Å². The Morgan fingerprint density at radius 3 is 2.69 bits per heavy atom. The van der Waals surface area contributed by atoms with Crippen molar-refractivity contribution in [2.24, 2.45) is 0 Å². The third kappa shape index (κ3) is 3.15. The molecule has 2 N–H and O–H groups in total. The number of aromatic nitrogens is 1. The second kappa shape index (κ2) is 7.45. The second-order valence-corrected chi connectivity index (χ2v) is 7.33. The Balaban J connectivity index is 1.76. The van der Waals surface area contributed by atoms with Crippen LogP contribution in [0.5, 0.6) is 17.2 Å². The van der Waals surface area contributed by atoms with Crippen LogP contribution in [0.1, 0.15) is 23.5 Å². The van der Waals surface area contributed by atoms with Gasteiger partial charge in [0.2, 0.25) is 6.79 Å². The van der Waals surface area contributed by atoms with Crippen LogP contribution in [0.4, 0.5) is 0 Å². The third-order valence-corrected chi connectivity index (χ3v) is 5.51. The molecule has 9 nitrogen and oxygen atoms in total. The number of rotatable bonds is 4. The first-order chi connectivity index (χ1) is 15.5. The number of esters is 1. The van der Waals surface area contributed by atoms with Crippen molar-refractivity contribution in [3.8, 4) is 17.2 Å². The molecule has 1 aliphatic heterocycles. The molecule has 0 saturated heterocycles. The van der Waals surface area contributed by atoms with E-state index in [1.165, 1.54) is 7.11 Å². The van der Waals surface area contributed by atoms with Crippen molar-refractivity contribution in [2.75, 3.05) is 13.9 Å². The first kappa shape index (κ1) is 19.7. The van der Waals surface area contributed by atoms with Crippen LogP contribution in [0.3, 0.4) is 0 Å². The van der Waals surface area contributed by atoms with Crippen molar-refractivity contribution in [2.45, 2.75) is 12.3 Å². The van der Waals surface area contributed by atoms with Crippen LogP contribution in [-0.4, -0.2) is 30.0 Å². The van der Waals surface area contributed by atoms with Gasteiger partial charge in [-0.2, -0.15) is 0 Å². The lowest BCUT2D eigenvalue weighted by molar-refractivity contribution is -0.140. The van der Waals surface area contributed by atoms with Crippen molar-refractivity contribution >= 4 is 27.8 Å². The summed E-state index contributed by atoms with van der Waals surface area (Å²) in [4.78, 5) is 40.8. The zero-order valence-corrected chi connectivity index (χ0v) is 16.8. The number of carbonyl (C=O) groups excluding carboxylic acids is 1. The molecule has 0 spiro atoms. The van der Waals surface area contributed by atoms with E-state index >= 15 is 0 Å². The van der Waals surface area contributed by atoms with Gasteiger partial charge in [0.25, 0.3) is 5.56 Å². The zero-order valence-electron chi connectivity index (χ0n) is 16.8. The Labute approximate surface area is 179 Å². The molecular formula is C23H17NO8. The number of hydrogen-bond acceptors (Lipinski definition) is 8. The highest BCUT2D eigenvalue weighted by Gasteiger charge is 2.30. The van der Waals surface area contributed by atoms with E-state index in [0.29, 0.717) is 22.4 Å². The first-order valence-electron chi connectivity index (χ1n) is 9.74. The molecule has 2 aromatic carbocycles. The summed E-state index contributed by atoms with van der Waals surface area (Å²) in [7, 11) is 1.20. The molecule has 1 aliphatic rings. The molecule has 0 radical (unpaired) electrons.